The van der Waals surface area contributed by atoms with Crippen LogP contribution < -0.4 is 9.47 Å². The van der Waals surface area contributed by atoms with Crippen molar-refractivity contribution in [1.82, 2.24) is 0 Å². The van der Waals surface area contributed by atoms with E-state index in [9.17, 15) is 9.59 Å². The van der Waals surface area contributed by atoms with Gasteiger partial charge in [-0.3, -0.25) is 0 Å². The Bertz CT molecular complexity index is 706. The number of hydrogen-bond donors (Lipinski definition) is 2. The smallest absolute Gasteiger partial charge is 0.335 e. The van der Waals surface area contributed by atoms with Crippen molar-refractivity contribution in [1.29, 1.82) is 0 Å². The first-order valence-electron chi connectivity index (χ1n) is 7.88. The number of carboxylic acid groups (broad SMARTS) is 2. The van der Waals surface area contributed by atoms with Crippen LogP contribution in [0.15, 0.2) is 48.5 Å². The fourth-order valence-corrected chi connectivity index (χ4v) is 2.09. The molecule has 0 spiro atoms. The lowest BCUT2D eigenvalue weighted by Crippen LogP contribution is -2.12. The number of carboxylic acids is 2. The summed E-state index contributed by atoms with van der Waals surface area (Å²) < 4.78 is 11.2. The van der Waals surface area contributed by atoms with E-state index >= 15 is 0 Å². The van der Waals surface area contributed by atoms with Gasteiger partial charge in [0.25, 0.3) is 0 Å². The van der Waals surface area contributed by atoms with Gasteiger partial charge in [-0.1, -0.05) is 6.92 Å². The average Bonchev–Trinajstić information content (AvgIpc) is 2.60. The Labute approximate surface area is 145 Å². The minimum atomic E-state index is -0.964. The third-order valence-corrected chi connectivity index (χ3v) is 3.62. The average molecular weight is 344 g/mol. The van der Waals surface area contributed by atoms with Crippen LogP contribution in [0.1, 0.15) is 34.1 Å². The van der Waals surface area contributed by atoms with Gasteiger partial charge in [-0.15, -0.1) is 0 Å². The van der Waals surface area contributed by atoms with Gasteiger partial charge >= 0.3 is 11.9 Å². The van der Waals surface area contributed by atoms with Gasteiger partial charge in [0.1, 0.15) is 11.5 Å². The normalized spacial score (nSPS) is 11.6. The Kier molecular flexibility index (Phi) is 6.39. The van der Waals surface area contributed by atoms with E-state index in [1.807, 2.05) is 6.92 Å². The predicted octanol–water partition coefficient (Wildman–Crippen LogP) is 3.57. The number of rotatable bonds is 9. The molecule has 132 valence electrons. The van der Waals surface area contributed by atoms with Crippen molar-refractivity contribution in [2.45, 2.75) is 13.3 Å². The summed E-state index contributed by atoms with van der Waals surface area (Å²) in [5, 5.41) is 17.7. The fourth-order valence-electron chi connectivity index (χ4n) is 2.09. The first-order chi connectivity index (χ1) is 12.0. The van der Waals surface area contributed by atoms with Crippen LogP contribution in [0.25, 0.3) is 0 Å². The van der Waals surface area contributed by atoms with E-state index in [1.54, 1.807) is 24.3 Å². The van der Waals surface area contributed by atoms with Gasteiger partial charge in [0.05, 0.1) is 24.3 Å². The van der Waals surface area contributed by atoms with E-state index in [0.717, 1.165) is 6.42 Å². The SMILES string of the molecule is C[C@@H](CCOc1ccc(C(=O)O)cc1)COc1ccc(C(=O)O)cc1. The van der Waals surface area contributed by atoms with Crippen LogP contribution in [-0.4, -0.2) is 35.4 Å². The van der Waals surface area contributed by atoms with Crippen LogP contribution in [0, 0.1) is 5.92 Å². The maximum Gasteiger partial charge on any atom is 0.335 e. The summed E-state index contributed by atoms with van der Waals surface area (Å²) in [5.74, 6) is -0.427. The summed E-state index contributed by atoms with van der Waals surface area (Å²) in [4.78, 5) is 21.6. The van der Waals surface area contributed by atoms with E-state index in [-0.39, 0.29) is 17.0 Å². The minimum Gasteiger partial charge on any atom is -0.494 e. The van der Waals surface area contributed by atoms with Crippen molar-refractivity contribution in [3.8, 4) is 11.5 Å². The fraction of sp³-hybridized carbons (Fsp3) is 0.263. The predicted molar refractivity (Wildman–Crippen MR) is 91.6 cm³/mol. The van der Waals surface area contributed by atoms with E-state index in [1.165, 1.54) is 24.3 Å². The highest BCUT2D eigenvalue weighted by atomic mass is 16.5. The van der Waals surface area contributed by atoms with Crippen molar-refractivity contribution < 1.29 is 29.3 Å². The summed E-state index contributed by atoms with van der Waals surface area (Å²) in [5.41, 5.74) is 0.450. The number of hydrogen-bond acceptors (Lipinski definition) is 4. The lowest BCUT2D eigenvalue weighted by atomic mass is 10.1. The Balaban J connectivity index is 1.70. The molecule has 0 amide bonds. The first kappa shape index (κ1) is 18.3. The van der Waals surface area contributed by atoms with E-state index in [4.69, 9.17) is 19.7 Å². The molecule has 0 saturated heterocycles. The molecule has 0 fully saturated rings. The largest absolute Gasteiger partial charge is 0.494 e. The summed E-state index contributed by atoms with van der Waals surface area (Å²) in [6.07, 6.45) is 0.772. The molecular weight excluding hydrogens is 324 g/mol. The highest BCUT2D eigenvalue weighted by Crippen LogP contribution is 2.16. The summed E-state index contributed by atoms with van der Waals surface area (Å²) in [7, 11) is 0. The molecule has 0 heterocycles. The molecule has 0 radical (unpaired) electrons. The molecule has 2 rings (SSSR count). The second-order valence-electron chi connectivity index (χ2n) is 5.71. The van der Waals surface area contributed by atoms with Gasteiger partial charge in [0.15, 0.2) is 0 Å². The van der Waals surface area contributed by atoms with E-state index in [0.29, 0.717) is 24.7 Å². The molecule has 0 saturated carbocycles. The molecule has 2 N–H and O–H groups in total. The third kappa shape index (κ3) is 5.84. The van der Waals surface area contributed by atoms with Gasteiger partial charge in [0, 0.05) is 0 Å². The van der Waals surface area contributed by atoms with E-state index in [2.05, 4.69) is 0 Å². The molecule has 0 bridgehead atoms. The van der Waals surface area contributed by atoms with Crippen LogP contribution in [-0.2, 0) is 0 Å². The lowest BCUT2D eigenvalue weighted by molar-refractivity contribution is 0.0686. The molecule has 0 aliphatic carbocycles. The Morgan fingerprint density at radius 3 is 1.72 bits per heavy atom. The minimum absolute atomic E-state index is 0.225. The first-order valence-corrected chi connectivity index (χ1v) is 7.88. The second kappa shape index (κ2) is 8.73. The topological polar surface area (TPSA) is 93.1 Å². The Morgan fingerprint density at radius 1 is 0.840 bits per heavy atom. The molecule has 0 aliphatic rings. The van der Waals surface area contributed by atoms with Gasteiger partial charge in [-0.25, -0.2) is 9.59 Å². The van der Waals surface area contributed by atoms with Crippen LogP contribution in [0.3, 0.4) is 0 Å². The Morgan fingerprint density at radius 2 is 1.28 bits per heavy atom. The Hall–Kier alpha value is -3.02. The number of aromatic carboxylic acids is 2. The highest BCUT2D eigenvalue weighted by molar-refractivity contribution is 5.88. The van der Waals surface area contributed by atoms with Crippen molar-refractivity contribution in [2.24, 2.45) is 5.92 Å². The number of ether oxygens (including phenoxy) is 2. The third-order valence-electron chi connectivity index (χ3n) is 3.62. The molecule has 1 atom stereocenters. The van der Waals surface area contributed by atoms with Crippen molar-refractivity contribution >= 4 is 11.9 Å². The zero-order valence-corrected chi connectivity index (χ0v) is 13.8. The van der Waals surface area contributed by atoms with Crippen molar-refractivity contribution in [3.05, 3.63) is 59.7 Å². The molecule has 0 aromatic heterocycles. The molecule has 2 aromatic carbocycles. The summed E-state index contributed by atoms with van der Waals surface area (Å²) in [6.45, 7) is 3.02. The zero-order chi connectivity index (χ0) is 18.2. The van der Waals surface area contributed by atoms with Crippen LogP contribution >= 0.6 is 0 Å². The highest BCUT2D eigenvalue weighted by Gasteiger charge is 2.07. The quantitative estimate of drug-likeness (QED) is 0.722. The maximum absolute atomic E-state index is 10.8. The van der Waals surface area contributed by atoms with Crippen molar-refractivity contribution in [2.75, 3.05) is 13.2 Å². The second-order valence-corrected chi connectivity index (χ2v) is 5.71. The molecule has 6 heteroatoms. The molecule has 6 nitrogen and oxygen atoms in total. The summed E-state index contributed by atoms with van der Waals surface area (Å²) in [6, 6.07) is 12.6. The van der Waals surface area contributed by atoms with E-state index < -0.39 is 11.9 Å². The molecule has 2 aromatic rings. The lowest BCUT2D eigenvalue weighted by Gasteiger charge is -2.14. The van der Waals surface area contributed by atoms with Crippen LogP contribution in [0.4, 0.5) is 0 Å². The zero-order valence-electron chi connectivity index (χ0n) is 13.8. The maximum atomic E-state index is 10.8. The molecule has 0 unspecified atom stereocenters. The number of benzene rings is 2. The molecule has 25 heavy (non-hydrogen) atoms. The van der Waals surface area contributed by atoms with Gasteiger partial charge in [0.2, 0.25) is 0 Å². The monoisotopic (exact) mass is 344 g/mol. The van der Waals surface area contributed by atoms with Crippen molar-refractivity contribution in [3.63, 3.8) is 0 Å². The van der Waals surface area contributed by atoms with Crippen LogP contribution in [0.2, 0.25) is 0 Å². The van der Waals surface area contributed by atoms with Crippen LogP contribution in [0.5, 0.6) is 11.5 Å². The summed E-state index contributed by atoms with van der Waals surface area (Å²) >= 11 is 0. The van der Waals surface area contributed by atoms with Gasteiger partial charge < -0.3 is 19.7 Å². The molecule has 0 aliphatic heterocycles. The van der Waals surface area contributed by atoms with Gasteiger partial charge in [-0.05, 0) is 60.9 Å². The number of carbonyl (C=O) groups is 2. The molecular formula is C19H20O6. The van der Waals surface area contributed by atoms with Gasteiger partial charge in [-0.2, -0.15) is 0 Å². The standard InChI is InChI=1S/C19H20O6/c1-13(12-25-17-8-4-15(5-9-17)19(22)23)10-11-24-16-6-2-14(3-7-16)18(20)21/h2-9,13H,10-12H2,1H3,(H,20,21)(H,22,23)/t13-/m0/s1.